The Labute approximate surface area is 111 Å². The normalized spacial score (nSPS) is 12.8. The molecule has 0 spiro atoms. The summed E-state index contributed by atoms with van der Waals surface area (Å²) in [6.45, 7) is 8.40. The molecule has 1 aromatic carbocycles. The predicted octanol–water partition coefficient (Wildman–Crippen LogP) is 5.00. The standard InChI is InChI=1S/C15H17BrO/c1-9-7-10(2)14(11(3)8-9)15(16)13-6-5-12(4)17-13/h5-8,15H,1-4H3. The largest absolute Gasteiger partial charge is 0.465 e. The Kier molecular flexibility index (Phi) is 3.43. The highest BCUT2D eigenvalue weighted by atomic mass is 79.9. The van der Waals surface area contributed by atoms with E-state index in [-0.39, 0.29) is 4.83 Å². The molecule has 0 fully saturated rings. The Morgan fingerprint density at radius 2 is 1.59 bits per heavy atom. The lowest BCUT2D eigenvalue weighted by Crippen LogP contribution is -1.99. The van der Waals surface area contributed by atoms with Gasteiger partial charge in [0.15, 0.2) is 0 Å². The SMILES string of the molecule is Cc1cc(C)c(C(Br)c2ccc(C)o2)c(C)c1. The van der Waals surface area contributed by atoms with Gasteiger partial charge in [-0.15, -0.1) is 0 Å². The number of hydrogen-bond acceptors (Lipinski definition) is 1. The summed E-state index contributed by atoms with van der Waals surface area (Å²) >= 11 is 3.74. The Bertz CT molecular complexity index is 517. The molecule has 0 radical (unpaired) electrons. The Morgan fingerprint density at radius 3 is 2.06 bits per heavy atom. The second-order valence-electron chi connectivity index (χ2n) is 4.62. The summed E-state index contributed by atoms with van der Waals surface area (Å²) in [7, 11) is 0. The van der Waals surface area contributed by atoms with E-state index in [1.165, 1.54) is 22.3 Å². The van der Waals surface area contributed by atoms with Crippen molar-refractivity contribution in [2.45, 2.75) is 32.5 Å². The maximum absolute atomic E-state index is 5.69. The van der Waals surface area contributed by atoms with Gasteiger partial charge < -0.3 is 4.42 Å². The van der Waals surface area contributed by atoms with E-state index in [1.54, 1.807) is 0 Å². The van der Waals surface area contributed by atoms with Gasteiger partial charge in [-0.2, -0.15) is 0 Å². The zero-order chi connectivity index (χ0) is 12.6. The molecule has 2 heteroatoms. The second kappa shape index (κ2) is 4.69. The maximum Gasteiger partial charge on any atom is 0.122 e. The van der Waals surface area contributed by atoms with Gasteiger partial charge in [0, 0.05) is 0 Å². The van der Waals surface area contributed by atoms with Crippen LogP contribution in [-0.4, -0.2) is 0 Å². The van der Waals surface area contributed by atoms with Gasteiger partial charge in [-0.25, -0.2) is 0 Å². The van der Waals surface area contributed by atoms with Crippen LogP contribution in [0.5, 0.6) is 0 Å². The zero-order valence-corrected chi connectivity index (χ0v) is 12.3. The quantitative estimate of drug-likeness (QED) is 0.710. The van der Waals surface area contributed by atoms with Gasteiger partial charge in [-0.05, 0) is 56.5 Å². The smallest absolute Gasteiger partial charge is 0.122 e. The van der Waals surface area contributed by atoms with Crippen LogP contribution in [0, 0.1) is 27.7 Å². The molecule has 2 rings (SSSR count). The van der Waals surface area contributed by atoms with E-state index >= 15 is 0 Å². The van der Waals surface area contributed by atoms with Gasteiger partial charge in [0.25, 0.3) is 0 Å². The fourth-order valence-electron chi connectivity index (χ4n) is 2.32. The van der Waals surface area contributed by atoms with Gasteiger partial charge in [-0.1, -0.05) is 33.6 Å². The lowest BCUT2D eigenvalue weighted by atomic mass is 9.96. The van der Waals surface area contributed by atoms with Crippen LogP contribution < -0.4 is 0 Å². The van der Waals surface area contributed by atoms with Gasteiger partial charge in [0.2, 0.25) is 0 Å². The molecule has 1 nitrogen and oxygen atoms in total. The lowest BCUT2D eigenvalue weighted by molar-refractivity contribution is 0.491. The number of benzene rings is 1. The van der Waals surface area contributed by atoms with E-state index in [0.29, 0.717) is 0 Å². The lowest BCUT2D eigenvalue weighted by Gasteiger charge is -2.15. The molecule has 0 N–H and O–H groups in total. The van der Waals surface area contributed by atoms with Crippen molar-refractivity contribution in [2.75, 3.05) is 0 Å². The van der Waals surface area contributed by atoms with Crippen molar-refractivity contribution in [1.82, 2.24) is 0 Å². The molecular weight excluding hydrogens is 276 g/mol. The molecule has 0 aliphatic rings. The van der Waals surface area contributed by atoms with Crippen molar-refractivity contribution in [3.8, 4) is 0 Å². The zero-order valence-electron chi connectivity index (χ0n) is 10.7. The van der Waals surface area contributed by atoms with Gasteiger partial charge in [-0.3, -0.25) is 0 Å². The molecule has 1 atom stereocenters. The van der Waals surface area contributed by atoms with Crippen LogP contribution in [0.2, 0.25) is 0 Å². The van der Waals surface area contributed by atoms with Gasteiger partial charge in [0.05, 0.1) is 4.83 Å². The second-order valence-corrected chi connectivity index (χ2v) is 5.54. The summed E-state index contributed by atoms with van der Waals surface area (Å²) in [5.74, 6) is 1.92. The Hall–Kier alpha value is -1.02. The minimum atomic E-state index is 0.136. The molecule has 1 unspecified atom stereocenters. The molecule has 1 heterocycles. The number of rotatable bonds is 2. The average Bonchev–Trinajstić information content (AvgIpc) is 2.63. The molecule has 0 bridgehead atoms. The molecular formula is C15H17BrO. The number of hydrogen-bond donors (Lipinski definition) is 0. The third-order valence-corrected chi connectivity index (χ3v) is 3.91. The Morgan fingerprint density at radius 1 is 1.00 bits per heavy atom. The van der Waals surface area contributed by atoms with Crippen LogP contribution in [0.25, 0.3) is 0 Å². The van der Waals surface area contributed by atoms with Crippen molar-refractivity contribution in [3.05, 3.63) is 58.0 Å². The van der Waals surface area contributed by atoms with Crippen molar-refractivity contribution in [2.24, 2.45) is 0 Å². The van der Waals surface area contributed by atoms with Crippen LogP contribution in [-0.2, 0) is 0 Å². The van der Waals surface area contributed by atoms with Crippen molar-refractivity contribution < 1.29 is 4.42 Å². The van der Waals surface area contributed by atoms with Gasteiger partial charge >= 0.3 is 0 Å². The van der Waals surface area contributed by atoms with E-state index in [0.717, 1.165) is 11.5 Å². The summed E-state index contributed by atoms with van der Waals surface area (Å²) in [5.41, 5.74) is 5.22. The number of aryl methyl sites for hydroxylation is 4. The summed E-state index contributed by atoms with van der Waals surface area (Å²) in [4.78, 5) is 0.136. The van der Waals surface area contributed by atoms with Crippen molar-refractivity contribution in [3.63, 3.8) is 0 Å². The fraction of sp³-hybridized carbons (Fsp3) is 0.333. The first-order chi connectivity index (χ1) is 7.99. The number of alkyl halides is 1. The predicted molar refractivity (Wildman–Crippen MR) is 74.9 cm³/mol. The molecule has 90 valence electrons. The maximum atomic E-state index is 5.69. The first-order valence-electron chi connectivity index (χ1n) is 5.77. The van der Waals surface area contributed by atoms with E-state index in [4.69, 9.17) is 4.42 Å². The van der Waals surface area contributed by atoms with Crippen LogP contribution in [0.1, 0.15) is 38.6 Å². The topological polar surface area (TPSA) is 13.1 Å². The molecule has 0 saturated carbocycles. The number of furan rings is 1. The Balaban J connectivity index is 2.47. The van der Waals surface area contributed by atoms with Gasteiger partial charge in [0.1, 0.15) is 11.5 Å². The monoisotopic (exact) mass is 292 g/mol. The van der Waals surface area contributed by atoms with E-state index in [1.807, 2.05) is 19.1 Å². The van der Waals surface area contributed by atoms with Crippen LogP contribution in [0.4, 0.5) is 0 Å². The minimum Gasteiger partial charge on any atom is -0.465 e. The summed E-state index contributed by atoms with van der Waals surface area (Å²) in [6.07, 6.45) is 0. The highest BCUT2D eigenvalue weighted by molar-refractivity contribution is 9.09. The summed E-state index contributed by atoms with van der Waals surface area (Å²) in [6, 6.07) is 8.47. The van der Waals surface area contributed by atoms with E-state index < -0.39 is 0 Å². The first kappa shape index (κ1) is 12.4. The van der Waals surface area contributed by atoms with Crippen LogP contribution in [0.15, 0.2) is 28.7 Å². The molecule has 17 heavy (non-hydrogen) atoms. The van der Waals surface area contributed by atoms with Crippen molar-refractivity contribution >= 4 is 15.9 Å². The van der Waals surface area contributed by atoms with Crippen LogP contribution in [0.3, 0.4) is 0 Å². The summed E-state index contributed by atoms with van der Waals surface area (Å²) < 4.78 is 5.69. The fourth-order valence-corrected chi connectivity index (χ4v) is 3.29. The highest BCUT2D eigenvalue weighted by Gasteiger charge is 2.18. The molecule has 0 aliphatic carbocycles. The van der Waals surface area contributed by atoms with E-state index in [2.05, 4.69) is 48.8 Å². The highest BCUT2D eigenvalue weighted by Crippen LogP contribution is 2.36. The number of halogens is 1. The molecule has 0 aliphatic heterocycles. The molecule has 0 amide bonds. The van der Waals surface area contributed by atoms with Crippen LogP contribution >= 0.6 is 15.9 Å². The molecule has 0 saturated heterocycles. The third kappa shape index (κ3) is 2.47. The molecule has 1 aromatic heterocycles. The van der Waals surface area contributed by atoms with E-state index in [9.17, 15) is 0 Å². The molecule has 2 aromatic rings. The first-order valence-corrected chi connectivity index (χ1v) is 6.68. The minimum absolute atomic E-state index is 0.136. The average molecular weight is 293 g/mol. The summed E-state index contributed by atoms with van der Waals surface area (Å²) in [5, 5.41) is 0. The third-order valence-electron chi connectivity index (χ3n) is 3.00. The van der Waals surface area contributed by atoms with Crippen molar-refractivity contribution in [1.29, 1.82) is 0 Å².